The zero-order valence-electron chi connectivity index (χ0n) is 8.95. The molecule has 0 aliphatic rings. The molecule has 0 spiro atoms. The summed E-state index contributed by atoms with van der Waals surface area (Å²) in [6.07, 6.45) is 0.125. The maximum absolute atomic E-state index is 8.66. The summed E-state index contributed by atoms with van der Waals surface area (Å²) in [5.74, 6) is 0. The Morgan fingerprint density at radius 3 is 2.87 bits per heavy atom. The van der Waals surface area contributed by atoms with Gasteiger partial charge >= 0.3 is 0 Å². The number of ether oxygens (including phenoxy) is 1. The number of nitriles is 1. The van der Waals surface area contributed by atoms with Gasteiger partial charge in [0.25, 0.3) is 0 Å². The standard InChI is InChI=1S/C11H15N3O/c1-8(15-2)7-14-11-4-3-9(6-12)5-10(11)13/h3-5,8,14H,7,13H2,1-2H3. The van der Waals surface area contributed by atoms with Crippen molar-refractivity contribution in [1.29, 1.82) is 5.26 Å². The predicted molar refractivity (Wildman–Crippen MR) is 60.5 cm³/mol. The molecular formula is C11H15N3O. The molecule has 0 fully saturated rings. The molecule has 0 aliphatic heterocycles. The van der Waals surface area contributed by atoms with E-state index in [2.05, 4.69) is 5.32 Å². The van der Waals surface area contributed by atoms with Crippen molar-refractivity contribution in [1.82, 2.24) is 0 Å². The molecule has 0 radical (unpaired) electrons. The minimum atomic E-state index is 0.125. The summed E-state index contributed by atoms with van der Waals surface area (Å²) in [4.78, 5) is 0. The van der Waals surface area contributed by atoms with Gasteiger partial charge in [0.15, 0.2) is 0 Å². The van der Waals surface area contributed by atoms with Gasteiger partial charge in [-0.05, 0) is 25.1 Å². The Morgan fingerprint density at radius 1 is 1.60 bits per heavy atom. The minimum Gasteiger partial charge on any atom is -0.397 e. The van der Waals surface area contributed by atoms with Crippen LogP contribution in [0.1, 0.15) is 12.5 Å². The Morgan fingerprint density at radius 2 is 2.33 bits per heavy atom. The van der Waals surface area contributed by atoms with Crippen molar-refractivity contribution < 1.29 is 4.74 Å². The van der Waals surface area contributed by atoms with E-state index < -0.39 is 0 Å². The maximum atomic E-state index is 8.66. The molecule has 1 rings (SSSR count). The van der Waals surface area contributed by atoms with Crippen molar-refractivity contribution >= 4 is 11.4 Å². The van der Waals surface area contributed by atoms with E-state index in [9.17, 15) is 0 Å². The van der Waals surface area contributed by atoms with Crippen LogP contribution < -0.4 is 11.1 Å². The molecule has 0 bridgehead atoms. The first-order valence-electron chi connectivity index (χ1n) is 4.73. The van der Waals surface area contributed by atoms with Crippen molar-refractivity contribution in [3.63, 3.8) is 0 Å². The number of anilines is 2. The third-order valence-electron chi connectivity index (χ3n) is 2.16. The van der Waals surface area contributed by atoms with Gasteiger partial charge in [-0.3, -0.25) is 0 Å². The van der Waals surface area contributed by atoms with Crippen LogP contribution in [0.5, 0.6) is 0 Å². The highest BCUT2D eigenvalue weighted by Gasteiger charge is 2.02. The second kappa shape index (κ2) is 5.23. The molecule has 4 nitrogen and oxygen atoms in total. The van der Waals surface area contributed by atoms with Gasteiger partial charge in [0.05, 0.1) is 29.1 Å². The summed E-state index contributed by atoms with van der Waals surface area (Å²) in [6, 6.07) is 7.23. The van der Waals surface area contributed by atoms with E-state index in [1.807, 2.05) is 13.0 Å². The van der Waals surface area contributed by atoms with Crippen molar-refractivity contribution in [2.75, 3.05) is 24.7 Å². The lowest BCUT2D eigenvalue weighted by Crippen LogP contribution is -2.18. The lowest BCUT2D eigenvalue weighted by molar-refractivity contribution is 0.129. The van der Waals surface area contributed by atoms with Crippen LogP contribution in [-0.4, -0.2) is 19.8 Å². The van der Waals surface area contributed by atoms with Gasteiger partial charge in [-0.25, -0.2) is 0 Å². The number of nitrogen functional groups attached to an aromatic ring is 1. The zero-order chi connectivity index (χ0) is 11.3. The molecule has 0 aromatic heterocycles. The molecule has 0 aliphatic carbocycles. The van der Waals surface area contributed by atoms with Gasteiger partial charge in [0.1, 0.15) is 0 Å². The molecule has 1 aromatic rings. The molecular weight excluding hydrogens is 190 g/mol. The van der Waals surface area contributed by atoms with Gasteiger partial charge in [0, 0.05) is 13.7 Å². The number of hydrogen-bond donors (Lipinski definition) is 2. The highest BCUT2D eigenvalue weighted by atomic mass is 16.5. The Labute approximate surface area is 89.7 Å². The van der Waals surface area contributed by atoms with Crippen LogP contribution in [0, 0.1) is 11.3 Å². The summed E-state index contributed by atoms with van der Waals surface area (Å²) < 4.78 is 5.10. The second-order valence-electron chi connectivity index (χ2n) is 3.34. The van der Waals surface area contributed by atoms with Gasteiger partial charge in [-0.15, -0.1) is 0 Å². The Hall–Kier alpha value is -1.73. The van der Waals surface area contributed by atoms with E-state index in [4.69, 9.17) is 15.7 Å². The maximum Gasteiger partial charge on any atom is 0.0992 e. The molecule has 0 saturated carbocycles. The fourth-order valence-electron chi connectivity index (χ4n) is 1.13. The van der Waals surface area contributed by atoms with E-state index in [0.29, 0.717) is 17.8 Å². The number of nitrogens with one attached hydrogen (secondary N) is 1. The van der Waals surface area contributed by atoms with Crippen LogP contribution in [0.4, 0.5) is 11.4 Å². The van der Waals surface area contributed by atoms with Crippen LogP contribution in [-0.2, 0) is 4.74 Å². The lowest BCUT2D eigenvalue weighted by Gasteiger charge is -2.13. The number of nitrogens with zero attached hydrogens (tertiary/aromatic N) is 1. The summed E-state index contributed by atoms with van der Waals surface area (Å²) >= 11 is 0. The van der Waals surface area contributed by atoms with E-state index in [1.54, 1.807) is 25.3 Å². The van der Waals surface area contributed by atoms with Crippen molar-refractivity contribution in [3.05, 3.63) is 23.8 Å². The molecule has 0 amide bonds. The van der Waals surface area contributed by atoms with E-state index in [-0.39, 0.29) is 6.10 Å². The van der Waals surface area contributed by atoms with Crippen LogP contribution in [0.25, 0.3) is 0 Å². The topological polar surface area (TPSA) is 71.1 Å². The number of rotatable bonds is 4. The Balaban J connectivity index is 2.67. The summed E-state index contributed by atoms with van der Waals surface area (Å²) in [5.41, 5.74) is 7.75. The lowest BCUT2D eigenvalue weighted by atomic mass is 10.2. The summed E-state index contributed by atoms with van der Waals surface area (Å²) in [6.45, 7) is 2.65. The molecule has 1 unspecified atom stereocenters. The van der Waals surface area contributed by atoms with Gasteiger partial charge < -0.3 is 15.8 Å². The molecule has 15 heavy (non-hydrogen) atoms. The SMILES string of the molecule is COC(C)CNc1ccc(C#N)cc1N. The molecule has 0 saturated heterocycles. The zero-order valence-corrected chi connectivity index (χ0v) is 8.95. The predicted octanol–water partition coefficient (Wildman–Crippen LogP) is 1.59. The van der Waals surface area contributed by atoms with Crippen LogP contribution in [0.3, 0.4) is 0 Å². The molecule has 4 heteroatoms. The van der Waals surface area contributed by atoms with Gasteiger partial charge in [-0.1, -0.05) is 0 Å². The number of hydrogen-bond acceptors (Lipinski definition) is 4. The van der Waals surface area contributed by atoms with E-state index in [0.717, 1.165) is 5.69 Å². The van der Waals surface area contributed by atoms with Gasteiger partial charge in [0.2, 0.25) is 0 Å². The number of benzene rings is 1. The first-order chi connectivity index (χ1) is 7.17. The van der Waals surface area contributed by atoms with Crippen LogP contribution in [0.15, 0.2) is 18.2 Å². The average molecular weight is 205 g/mol. The normalized spacial score (nSPS) is 11.8. The largest absolute Gasteiger partial charge is 0.397 e. The summed E-state index contributed by atoms with van der Waals surface area (Å²) in [7, 11) is 1.66. The van der Waals surface area contributed by atoms with Crippen LogP contribution >= 0.6 is 0 Å². The van der Waals surface area contributed by atoms with Crippen molar-refractivity contribution in [2.45, 2.75) is 13.0 Å². The fraction of sp³-hybridized carbons (Fsp3) is 0.364. The molecule has 0 heterocycles. The number of methoxy groups -OCH3 is 1. The second-order valence-corrected chi connectivity index (χ2v) is 3.34. The molecule has 1 atom stereocenters. The number of nitrogens with two attached hydrogens (primary N) is 1. The smallest absolute Gasteiger partial charge is 0.0992 e. The average Bonchev–Trinajstić information content (AvgIpc) is 2.26. The van der Waals surface area contributed by atoms with Crippen LogP contribution in [0.2, 0.25) is 0 Å². The molecule has 1 aromatic carbocycles. The van der Waals surface area contributed by atoms with Crippen molar-refractivity contribution in [3.8, 4) is 6.07 Å². The third-order valence-corrected chi connectivity index (χ3v) is 2.16. The van der Waals surface area contributed by atoms with Crippen molar-refractivity contribution in [2.24, 2.45) is 0 Å². The Bertz CT molecular complexity index is 371. The highest BCUT2D eigenvalue weighted by molar-refractivity contribution is 5.68. The molecule has 3 N–H and O–H groups in total. The summed E-state index contributed by atoms with van der Waals surface area (Å²) in [5, 5.41) is 11.8. The Kier molecular flexibility index (Phi) is 3.95. The monoisotopic (exact) mass is 205 g/mol. The highest BCUT2D eigenvalue weighted by Crippen LogP contribution is 2.19. The first kappa shape index (κ1) is 11.3. The van der Waals surface area contributed by atoms with Gasteiger partial charge in [-0.2, -0.15) is 5.26 Å². The first-order valence-corrected chi connectivity index (χ1v) is 4.73. The fourth-order valence-corrected chi connectivity index (χ4v) is 1.13. The molecule has 80 valence electrons. The van der Waals surface area contributed by atoms with E-state index >= 15 is 0 Å². The van der Waals surface area contributed by atoms with E-state index in [1.165, 1.54) is 0 Å². The third kappa shape index (κ3) is 3.15. The quantitative estimate of drug-likeness (QED) is 0.732. The minimum absolute atomic E-state index is 0.125.